The number of nitrogens with one attached hydrogen (secondary N) is 1. The molecule has 4 aromatic rings. The number of fused-ring (bicyclic) bond motifs is 2. The number of imidazole rings is 2. The van der Waals surface area contributed by atoms with E-state index in [0.29, 0.717) is 55.7 Å². The number of carbonyl (C=O) groups excluding carboxylic acids is 1. The molecular weight excluding hydrogens is 820 g/mol. The summed E-state index contributed by atoms with van der Waals surface area (Å²) in [5, 5.41) is 21.1. The number of nitrogens with zero attached hydrogens (tertiary/aromatic N) is 13. The number of ether oxygens (including phenoxy) is 2. The summed E-state index contributed by atoms with van der Waals surface area (Å²) in [5.41, 5.74) is 0.912. The van der Waals surface area contributed by atoms with E-state index in [0.717, 1.165) is 109 Å². The Hall–Kier alpha value is -5.03. The second-order valence-corrected chi connectivity index (χ2v) is 16.6. The number of halogens is 1. The van der Waals surface area contributed by atoms with E-state index in [1.807, 2.05) is 23.9 Å². The van der Waals surface area contributed by atoms with E-state index in [2.05, 4.69) is 25.1 Å². The minimum atomic E-state index is -1.00. The number of anilines is 2. The topological polar surface area (TPSA) is 205 Å². The molecule has 4 aromatic heterocycles. The molecule has 1 amide bonds. The fourth-order valence-corrected chi connectivity index (χ4v) is 8.13. The van der Waals surface area contributed by atoms with Crippen molar-refractivity contribution in [3.63, 3.8) is 0 Å². The summed E-state index contributed by atoms with van der Waals surface area (Å²) < 4.78 is 33.2. The smallest absolute Gasteiger partial charge is 0.317 e. The zero-order valence-electron chi connectivity index (χ0n) is 38.7. The third-order valence-electron chi connectivity index (χ3n) is 11.4. The van der Waals surface area contributed by atoms with E-state index >= 15 is 0 Å². The van der Waals surface area contributed by atoms with Gasteiger partial charge in [0.05, 0.1) is 34.0 Å². The Balaban J connectivity index is 0.000000202. The Kier molecular flexibility index (Phi) is 17.8. The van der Waals surface area contributed by atoms with Crippen LogP contribution in [-0.4, -0.2) is 197 Å². The van der Waals surface area contributed by atoms with Gasteiger partial charge in [-0.2, -0.15) is 0 Å². The summed E-state index contributed by atoms with van der Waals surface area (Å²) in [6.07, 6.45) is 8.81. The zero-order valence-corrected chi connectivity index (χ0v) is 37.7. The number of amides is 1. The molecular formula is C41H67FN14O7. The molecule has 21 nitrogen and oxygen atoms in total. The van der Waals surface area contributed by atoms with Gasteiger partial charge in [-0.05, 0) is 73.3 Å². The highest BCUT2D eigenvalue weighted by molar-refractivity contribution is 5.78. The normalized spacial score (nSPS) is 18.2. The van der Waals surface area contributed by atoms with Crippen LogP contribution in [0, 0.1) is 0 Å². The zero-order chi connectivity index (χ0) is 46.3. The maximum absolute atomic E-state index is 13.0. The summed E-state index contributed by atoms with van der Waals surface area (Å²) in [7, 11) is 9.79. The number of alkyl halides is 1. The fourth-order valence-electron chi connectivity index (χ4n) is 8.13. The molecule has 8 heterocycles. The van der Waals surface area contributed by atoms with Gasteiger partial charge in [0.2, 0.25) is 17.8 Å². The van der Waals surface area contributed by atoms with Crippen LogP contribution < -0.4 is 26.2 Å². The molecule has 2 N–H and O–H groups in total. The molecule has 0 spiro atoms. The van der Waals surface area contributed by atoms with Crippen molar-refractivity contribution in [3.05, 3.63) is 44.8 Å². The van der Waals surface area contributed by atoms with E-state index in [1.165, 1.54) is 0 Å². The van der Waals surface area contributed by atoms with Gasteiger partial charge in [0.1, 0.15) is 11.6 Å². The molecule has 0 aromatic carbocycles. The molecule has 0 bridgehead atoms. The monoisotopic (exact) mass is 888 g/mol. The summed E-state index contributed by atoms with van der Waals surface area (Å²) in [5.74, 6) is 2.98. The summed E-state index contributed by atoms with van der Waals surface area (Å²) in [6.45, 7) is 9.83. The van der Waals surface area contributed by atoms with Crippen molar-refractivity contribution in [1.82, 2.24) is 58.3 Å². The molecule has 350 valence electrons. The van der Waals surface area contributed by atoms with Gasteiger partial charge in [-0.25, -0.2) is 19.0 Å². The first kappa shape index (κ1) is 47.4. The molecule has 0 aliphatic carbocycles. The number of hydrogen-bond donors (Lipinski definition) is 2. The second kappa shape index (κ2) is 23.6. The Morgan fingerprint density at radius 2 is 1.22 bits per heavy atom. The van der Waals surface area contributed by atoms with Crippen LogP contribution in [0.15, 0.2) is 22.0 Å². The van der Waals surface area contributed by atoms with Crippen molar-refractivity contribution in [3.8, 4) is 0 Å². The lowest BCUT2D eigenvalue weighted by Crippen LogP contribution is -2.41. The van der Waals surface area contributed by atoms with Crippen LogP contribution in [0.5, 0.6) is 0 Å². The molecule has 22 heteroatoms. The molecule has 4 aliphatic heterocycles. The van der Waals surface area contributed by atoms with E-state index in [9.17, 15) is 23.6 Å². The lowest BCUT2D eigenvalue weighted by molar-refractivity contribution is -0.137. The van der Waals surface area contributed by atoms with Crippen molar-refractivity contribution >= 4 is 34.8 Å². The first-order valence-electron chi connectivity index (χ1n) is 22.4. The van der Waals surface area contributed by atoms with Crippen LogP contribution >= 0.6 is 0 Å². The largest absolute Gasteiger partial charge is 0.480 e. The first-order valence-corrected chi connectivity index (χ1v) is 21.6. The Morgan fingerprint density at radius 1 is 0.746 bits per heavy atom. The number of aromatic nitrogens is 8. The minimum absolute atomic E-state index is 0.0389. The molecule has 4 aliphatic rings. The molecule has 0 atom stereocenters. The number of hydrogen-bond acceptors (Lipinski definition) is 15. The van der Waals surface area contributed by atoms with Crippen molar-refractivity contribution < 1.29 is 29.9 Å². The highest BCUT2D eigenvalue weighted by Gasteiger charge is 2.27. The summed E-state index contributed by atoms with van der Waals surface area (Å²) >= 11 is 0. The molecule has 8 rings (SSSR count). The van der Waals surface area contributed by atoms with Crippen LogP contribution in [0.2, 0.25) is 0 Å². The van der Waals surface area contributed by atoms with Crippen molar-refractivity contribution in [2.24, 2.45) is 14.1 Å². The number of carboxylic acids is 1. The maximum Gasteiger partial charge on any atom is 0.317 e. The number of carbonyl (C=O) groups is 2. The predicted molar refractivity (Wildman–Crippen MR) is 237 cm³/mol. The third kappa shape index (κ3) is 12.6. The predicted octanol–water partition coefficient (Wildman–Crippen LogP) is 0.262. The molecule has 0 saturated carbocycles. The van der Waals surface area contributed by atoms with Gasteiger partial charge < -0.3 is 39.5 Å². The van der Waals surface area contributed by atoms with E-state index in [-0.39, 0.29) is 29.5 Å². The van der Waals surface area contributed by atoms with Crippen LogP contribution in [-0.2, 0) is 33.2 Å². The van der Waals surface area contributed by atoms with Gasteiger partial charge in [0, 0.05) is 98.2 Å². The van der Waals surface area contributed by atoms with Crippen LogP contribution in [0.4, 0.5) is 16.3 Å². The molecule has 0 radical (unpaired) electrons. The molecule has 4 fully saturated rings. The minimum Gasteiger partial charge on any atom is -0.480 e. The van der Waals surface area contributed by atoms with Crippen molar-refractivity contribution in [2.75, 3.05) is 137 Å². The average Bonchev–Trinajstić information content (AvgIpc) is 3.68. The SMILES string of the molecule is CN(C)CC(=O)N1CCCN(c2nn3c(C4CCOCC4)ncc3c(=O)n2C)CC1.CN(C)CC(=O)O.Cn1c(N2CCCNCC2)nn2c(C3CCOCC3)ncc2c1=O.[2H]CF. The highest BCUT2D eigenvalue weighted by atomic mass is 19.1. The Labute approximate surface area is 368 Å². The van der Waals surface area contributed by atoms with Crippen LogP contribution in [0.25, 0.3) is 11.0 Å². The number of carboxylic acid groups (broad SMARTS) is 1. The lowest BCUT2D eigenvalue weighted by Gasteiger charge is -2.25. The average molecular weight is 888 g/mol. The Morgan fingerprint density at radius 3 is 1.68 bits per heavy atom. The van der Waals surface area contributed by atoms with Crippen LogP contribution in [0.3, 0.4) is 0 Å². The second-order valence-electron chi connectivity index (χ2n) is 16.6. The van der Waals surface area contributed by atoms with E-state index in [1.54, 1.807) is 63.6 Å². The number of aliphatic carboxylic acids is 1. The van der Waals surface area contributed by atoms with E-state index < -0.39 is 13.1 Å². The standard InChI is InChI=1S/C20H31N7O3.C16H24N6O2.C4H9NO2.CH3F/c1-23(2)14-17(28)25-7-4-8-26(10-9-25)20-22-27-16(19(29)24(20)3)13-21-18(27)15-5-11-30-12-6-15;1-20-15(23)13-11-18-14(12-3-9-24-10-4-12)22(13)19-16(20)21-7-2-5-17-6-8-21;1-5(2)3-4(6)7;1-2/h13,15H,4-12,14H2,1-3H3;11-12,17H,2-10H2,1H3;3H2,1-2H3,(H,6,7);1H3/i;;;1D. The van der Waals surface area contributed by atoms with Crippen molar-refractivity contribution in [2.45, 2.75) is 50.4 Å². The summed E-state index contributed by atoms with van der Waals surface area (Å²) in [4.78, 5) is 66.8. The number of rotatable bonds is 8. The van der Waals surface area contributed by atoms with Crippen molar-refractivity contribution in [1.29, 1.82) is 0 Å². The van der Waals surface area contributed by atoms with Gasteiger partial charge in [0.15, 0.2) is 11.0 Å². The summed E-state index contributed by atoms with van der Waals surface area (Å²) in [6, 6.07) is 0. The molecule has 4 saturated heterocycles. The van der Waals surface area contributed by atoms with E-state index in [4.69, 9.17) is 26.1 Å². The highest BCUT2D eigenvalue weighted by Crippen LogP contribution is 2.27. The third-order valence-corrected chi connectivity index (χ3v) is 11.4. The van der Waals surface area contributed by atoms with Crippen LogP contribution in [0.1, 0.15) is 63.4 Å². The Bertz CT molecular complexity index is 2230. The number of likely N-dealkylation sites (N-methyl/N-ethyl adjacent to an activating group) is 2. The van der Waals surface area contributed by atoms with Gasteiger partial charge in [-0.3, -0.25) is 37.6 Å². The quantitative estimate of drug-likeness (QED) is 0.244. The van der Waals surface area contributed by atoms with Gasteiger partial charge in [-0.15, -0.1) is 10.2 Å². The molecule has 0 unspecified atom stereocenters. The fraction of sp³-hybridized carbons (Fsp3) is 0.707. The first-order chi connectivity index (χ1) is 30.7. The van der Waals surface area contributed by atoms with Gasteiger partial charge >= 0.3 is 5.97 Å². The lowest BCUT2D eigenvalue weighted by atomic mass is 10.00. The van der Waals surface area contributed by atoms with Gasteiger partial charge in [-0.1, -0.05) is 0 Å². The molecule has 63 heavy (non-hydrogen) atoms. The van der Waals surface area contributed by atoms with Gasteiger partial charge in [0.25, 0.3) is 11.1 Å². The maximum atomic E-state index is 13.0.